The van der Waals surface area contributed by atoms with Crippen LogP contribution in [0.15, 0.2) is 0 Å². The van der Waals surface area contributed by atoms with Crippen LogP contribution in [0.5, 0.6) is 0 Å². The second-order valence-electron chi connectivity index (χ2n) is 4.20. The highest BCUT2D eigenvalue weighted by Crippen LogP contribution is 2.21. The largest absolute Gasteiger partial charge is 0.480 e. The molecule has 1 aliphatic rings. The minimum absolute atomic E-state index is 0.0929. The van der Waals surface area contributed by atoms with E-state index in [1.807, 2.05) is 0 Å². The zero-order chi connectivity index (χ0) is 15.3. The van der Waals surface area contributed by atoms with E-state index >= 15 is 0 Å². The fourth-order valence-electron chi connectivity index (χ4n) is 1.72. The number of aliphatic carboxylic acids is 1. The number of rotatable bonds is 5. The molecule has 0 saturated carbocycles. The summed E-state index contributed by atoms with van der Waals surface area (Å²) < 4.78 is 23.9. The number of thioether (sulfide) groups is 1. The van der Waals surface area contributed by atoms with Crippen molar-refractivity contribution < 1.29 is 28.2 Å². The number of aliphatic hydroxyl groups excluding tert-OH is 1. The molecular formula is C10H18N2O6S2. The molecular weight excluding hydrogens is 308 g/mol. The van der Waals surface area contributed by atoms with Gasteiger partial charge in [-0.05, 0) is 0 Å². The molecule has 2 unspecified atom stereocenters. The lowest BCUT2D eigenvalue weighted by atomic mass is 10.3. The fourth-order valence-corrected chi connectivity index (χ4v) is 4.69. The van der Waals surface area contributed by atoms with E-state index in [0.717, 1.165) is 4.90 Å². The zero-order valence-corrected chi connectivity index (χ0v) is 12.6. The third-order valence-electron chi connectivity index (χ3n) is 2.94. The van der Waals surface area contributed by atoms with Crippen LogP contribution >= 0.6 is 11.8 Å². The van der Waals surface area contributed by atoms with Crippen molar-refractivity contribution in [3.05, 3.63) is 0 Å². The molecule has 3 N–H and O–H groups in total. The molecule has 1 saturated heterocycles. The Hall–Kier alpha value is -1.00. The minimum Gasteiger partial charge on any atom is -0.480 e. The van der Waals surface area contributed by atoms with Crippen LogP contribution in [0.4, 0.5) is 4.79 Å². The molecule has 0 bridgehead atoms. The van der Waals surface area contributed by atoms with Crippen molar-refractivity contribution >= 4 is 33.6 Å². The molecule has 0 aromatic carbocycles. The molecule has 0 aromatic rings. The number of urea groups is 1. The van der Waals surface area contributed by atoms with E-state index in [4.69, 9.17) is 10.2 Å². The molecule has 116 valence electrons. The van der Waals surface area contributed by atoms with Crippen molar-refractivity contribution in [2.45, 2.75) is 18.3 Å². The second-order valence-corrected chi connectivity index (χ2v) is 7.79. The van der Waals surface area contributed by atoms with Gasteiger partial charge in [0, 0.05) is 23.8 Å². The lowest BCUT2D eigenvalue weighted by Gasteiger charge is -2.35. The van der Waals surface area contributed by atoms with Crippen LogP contribution in [0.1, 0.15) is 6.92 Å². The maximum atomic E-state index is 12.0. The maximum absolute atomic E-state index is 12.0. The van der Waals surface area contributed by atoms with E-state index in [9.17, 15) is 18.0 Å². The summed E-state index contributed by atoms with van der Waals surface area (Å²) in [6.45, 7) is 0.964. The first-order chi connectivity index (χ1) is 9.33. The average molecular weight is 326 g/mol. The topological polar surface area (TPSA) is 124 Å². The fraction of sp³-hybridized carbons (Fsp3) is 0.800. The van der Waals surface area contributed by atoms with Crippen LogP contribution in [0.2, 0.25) is 0 Å². The number of aliphatic hydroxyl groups is 1. The highest BCUT2D eigenvalue weighted by Gasteiger charge is 2.36. The summed E-state index contributed by atoms with van der Waals surface area (Å²) in [6, 6.07) is -2.23. The lowest BCUT2D eigenvalue weighted by Crippen LogP contribution is -2.57. The van der Waals surface area contributed by atoms with Gasteiger partial charge in [0.05, 0.1) is 6.61 Å². The Balaban J connectivity index is 2.85. The molecule has 1 rings (SSSR count). The van der Waals surface area contributed by atoms with Crippen molar-refractivity contribution in [1.29, 1.82) is 0 Å². The van der Waals surface area contributed by atoms with E-state index in [-0.39, 0.29) is 18.1 Å². The molecule has 10 heteroatoms. The molecule has 0 aliphatic carbocycles. The van der Waals surface area contributed by atoms with Gasteiger partial charge in [-0.3, -0.25) is 0 Å². The lowest BCUT2D eigenvalue weighted by molar-refractivity contribution is -0.140. The van der Waals surface area contributed by atoms with Crippen LogP contribution in [-0.4, -0.2) is 77.4 Å². The smallest absolute Gasteiger partial charge is 0.328 e. The number of carbonyl (C=O) groups is 2. The van der Waals surface area contributed by atoms with Gasteiger partial charge in [-0.15, -0.1) is 0 Å². The summed E-state index contributed by atoms with van der Waals surface area (Å²) in [5.41, 5.74) is 0. The van der Waals surface area contributed by atoms with Crippen LogP contribution in [0, 0.1) is 0 Å². The number of hydrogen-bond acceptors (Lipinski definition) is 6. The second kappa shape index (κ2) is 7.14. The number of hydrogen-bond donors (Lipinski definition) is 3. The van der Waals surface area contributed by atoms with Gasteiger partial charge in [0.1, 0.15) is 5.37 Å². The molecule has 0 spiro atoms. The molecule has 1 fully saturated rings. The first-order valence-electron chi connectivity index (χ1n) is 6.03. The van der Waals surface area contributed by atoms with Crippen LogP contribution in [-0.2, 0) is 14.6 Å². The SMILES string of the molecule is CCS(=O)(=O)C1CSCCN1C(=O)NC(CO)C(=O)O. The monoisotopic (exact) mass is 326 g/mol. The van der Waals surface area contributed by atoms with Crippen LogP contribution < -0.4 is 5.32 Å². The first-order valence-corrected chi connectivity index (χ1v) is 8.90. The summed E-state index contributed by atoms with van der Waals surface area (Å²) in [4.78, 5) is 23.9. The Morgan fingerprint density at radius 1 is 1.50 bits per heavy atom. The van der Waals surface area contributed by atoms with Gasteiger partial charge in [-0.25, -0.2) is 18.0 Å². The highest BCUT2D eigenvalue weighted by atomic mass is 32.2. The number of amides is 2. The Morgan fingerprint density at radius 3 is 2.65 bits per heavy atom. The number of nitrogens with one attached hydrogen (secondary N) is 1. The van der Waals surface area contributed by atoms with Crippen molar-refractivity contribution in [3.8, 4) is 0 Å². The van der Waals surface area contributed by atoms with Crippen molar-refractivity contribution in [3.63, 3.8) is 0 Å². The summed E-state index contributed by atoms with van der Waals surface area (Å²) in [5, 5.41) is 18.8. The third-order valence-corrected chi connectivity index (χ3v) is 6.23. The average Bonchev–Trinajstić information content (AvgIpc) is 2.44. The summed E-state index contributed by atoms with van der Waals surface area (Å²) >= 11 is 1.43. The summed E-state index contributed by atoms with van der Waals surface area (Å²) in [7, 11) is -3.44. The third kappa shape index (κ3) is 4.00. The van der Waals surface area contributed by atoms with Gasteiger partial charge in [0.2, 0.25) is 0 Å². The Labute approximate surface area is 121 Å². The molecule has 20 heavy (non-hydrogen) atoms. The van der Waals surface area contributed by atoms with E-state index in [1.165, 1.54) is 18.7 Å². The predicted octanol–water partition coefficient (Wildman–Crippen LogP) is -1.05. The van der Waals surface area contributed by atoms with Gasteiger partial charge in [0.15, 0.2) is 15.9 Å². The molecule has 8 nitrogen and oxygen atoms in total. The molecule has 0 aromatic heterocycles. The van der Waals surface area contributed by atoms with Crippen molar-refractivity contribution in [1.82, 2.24) is 10.2 Å². The Morgan fingerprint density at radius 2 is 2.15 bits per heavy atom. The minimum atomic E-state index is -3.44. The predicted molar refractivity (Wildman–Crippen MR) is 74.3 cm³/mol. The van der Waals surface area contributed by atoms with Gasteiger partial charge in [-0.2, -0.15) is 11.8 Å². The van der Waals surface area contributed by atoms with E-state index in [0.29, 0.717) is 5.75 Å². The van der Waals surface area contributed by atoms with E-state index in [1.54, 1.807) is 0 Å². The number of carbonyl (C=O) groups excluding carboxylic acids is 1. The normalized spacial score (nSPS) is 21.3. The number of sulfone groups is 1. The summed E-state index contributed by atoms with van der Waals surface area (Å²) in [6.07, 6.45) is 0. The number of nitrogens with zero attached hydrogens (tertiary/aromatic N) is 1. The molecule has 2 amide bonds. The van der Waals surface area contributed by atoms with Gasteiger partial charge >= 0.3 is 12.0 Å². The van der Waals surface area contributed by atoms with E-state index in [2.05, 4.69) is 5.32 Å². The zero-order valence-electron chi connectivity index (χ0n) is 11.0. The van der Waals surface area contributed by atoms with Gasteiger partial charge < -0.3 is 20.4 Å². The highest BCUT2D eigenvalue weighted by molar-refractivity contribution is 8.01. The van der Waals surface area contributed by atoms with Gasteiger partial charge in [0.25, 0.3) is 0 Å². The molecule has 1 heterocycles. The van der Waals surface area contributed by atoms with Gasteiger partial charge in [-0.1, -0.05) is 6.92 Å². The quantitative estimate of drug-likeness (QED) is 0.589. The Kier molecular flexibility index (Phi) is 6.08. The molecule has 1 aliphatic heterocycles. The van der Waals surface area contributed by atoms with Crippen LogP contribution in [0.3, 0.4) is 0 Å². The molecule has 0 radical (unpaired) electrons. The van der Waals surface area contributed by atoms with Crippen molar-refractivity contribution in [2.24, 2.45) is 0 Å². The Bertz CT molecular complexity index is 466. The first kappa shape index (κ1) is 17.1. The number of carboxylic acids is 1. The standard InChI is InChI=1S/C10H18N2O6S2/c1-2-20(17,18)8-6-19-4-3-12(8)10(16)11-7(5-13)9(14)15/h7-8,13H,2-6H2,1H3,(H,11,16)(H,14,15). The number of carboxylic acid groups (broad SMARTS) is 1. The molecule has 2 atom stereocenters. The van der Waals surface area contributed by atoms with E-state index < -0.39 is 39.9 Å². The maximum Gasteiger partial charge on any atom is 0.328 e. The van der Waals surface area contributed by atoms with Crippen molar-refractivity contribution in [2.75, 3.05) is 30.4 Å². The summed E-state index contributed by atoms with van der Waals surface area (Å²) in [5.74, 6) is -0.618. The van der Waals surface area contributed by atoms with Crippen LogP contribution in [0.25, 0.3) is 0 Å².